The lowest BCUT2D eigenvalue weighted by atomic mass is 9.35. The summed E-state index contributed by atoms with van der Waals surface area (Å²) < 4.78 is 2.55. The van der Waals surface area contributed by atoms with E-state index in [4.69, 9.17) is 0 Å². The molecule has 2 aliphatic rings. The molecule has 0 amide bonds. The lowest BCUT2D eigenvalue weighted by Gasteiger charge is -2.33. The van der Waals surface area contributed by atoms with Crippen LogP contribution in [0.2, 0.25) is 0 Å². The van der Waals surface area contributed by atoms with E-state index in [1.807, 2.05) is 11.8 Å². The first kappa shape index (κ1) is 19.4. The van der Waals surface area contributed by atoms with Gasteiger partial charge in [-0.05, 0) is 40.3 Å². The van der Waals surface area contributed by atoms with Crippen molar-refractivity contribution in [1.82, 2.24) is 4.57 Å². The summed E-state index contributed by atoms with van der Waals surface area (Å²) in [6.45, 7) is 0.247. The third-order valence-electron chi connectivity index (χ3n) is 7.46. The third-order valence-corrected chi connectivity index (χ3v) is 8.63. The first-order chi connectivity index (χ1) is 17.4. The van der Waals surface area contributed by atoms with Gasteiger partial charge in [0.2, 0.25) is 6.71 Å². The minimum atomic E-state index is 0.247. The van der Waals surface area contributed by atoms with Gasteiger partial charge in [0.25, 0.3) is 0 Å². The summed E-state index contributed by atoms with van der Waals surface area (Å²) in [4.78, 5) is 2.73. The molecular weight excluding hydrogens is 441 g/mol. The van der Waals surface area contributed by atoms with Crippen molar-refractivity contribution in [3.63, 3.8) is 0 Å². The van der Waals surface area contributed by atoms with E-state index in [2.05, 4.69) is 126 Å². The van der Waals surface area contributed by atoms with Crippen LogP contribution in [0.25, 0.3) is 39.0 Å². The Labute approximate surface area is 209 Å². The van der Waals surface area contributed by atoms with Crippen molar-refractivity contribution in [2.45, 2.75) is 9.79 Å². The number of para-hydroxylation sites is 1. The molecule has 0 fully saturated rings. The largest absolute Gasteiger partial charge is 0.310 e. The molecule has 0 spiro atoms. The standard InChI is InChI=1S/C32H20BNS/c1-3-11-21(12-4-1)29-23-15-9-17-25-32(23)34(31(29)22-13-5-2-6-14-22)26-18-10-20-28-30(26)33(25)24-16-7-8-19-27(24)35-28/h1-20H. The van der Waals surface area contributed by atoms with Crippen molar-refractivity contribution in [1.29, 1.82) is 0 Å². The van der Waals surface area contributed by atoms with Crippen molar-refractivity contribution < 1.29 is 0 Å². The maximum absolute atomic E-state index is 2.55. The Hall–Kier alpha value is -3.95. The van der Waals surface area contributed by atoms with Crippen LogP contribution in [0.3, 0.4) is 0 Å². The molecule has 0 bridgehead atoms. The summed E-state index contributed by atoms with van der Waals surface area (Å²) in [5.74, 6) is 0. The van der Waals surface area contributed by atoms with Gasteiger partial charge in [-0.3, -0.25) is 0 Å². The van der Waals surface area contributed by atoms with Crippen LogP contribution in [0, 0.1) is 0 Å². The average Bonchev–Trinajstić information content (AvgIpc) is 3.28. The normalized spacial score (nSPS) is 13.0. The van der Waals surface area contributed by atoms with E-state index < -0.39 is 0 Å². The Kier molecular flexibility index (Phi) is 4.03. The van der Waals surface area contributed by atoms with Gasteiger partial charge in [-0.1, -0.05) is 120 Å². The quantitative estimate of drug-likeness (QED) is 0.275. The summed E-state index contributed by atoms with van der Waals surface area (Å²) >= 11 is 1.91. The first-order valence-corrected chi connectivity index (χ1v) is 12.9. The zero-order chi connectivity index (χ0) is 22.9. The minimum Gasteiger partial charge on any atom is -0.310 e. The van der Waals surface area contributed by atoms with Crippen LogP contribution in [0.15, 0.2) is 131 Å². The van der Waals surface area contributed by atoms with Crippen molar-refractivity contribution in [2.24, 2.45) is 0 Å². The topological polar surface area (TPSA) is 4.93 Å². The van der Waals surface area contributed by atoms with Gasteiger partial charge in [0.15, 0.2) is 0 Å². The fraction of sp³-hybridized carbons (Fsp3) is 0. The van der Waals surface area contributed by atoms with Crippen molar-refractivity contribution >= 4 is 45.8 Å². The van der Waals surface area contributed by atoms with E-state index in [1.165, 1.54) is 65.2 Å². The van der Waals surface area contributed by atoms with Crippen LogP contribution in [0.5, 0.6) is 0 Å². The van der Waals surface area contributed by atoms with E-state index >= 15 is 0 Å². The predicted octanol–water partition coefficient (Wildman–Crippen LogP) is 6.26. The highest BCUT2D eigenvalue weighted by Crippen LogP contribution is 2.44. The van der Waals surface area contributed by atoms with Crippen LogP contribution in [0.1, 0.15) is 0 Å². The van der Waals surface area contributed by atoms with Gasteiger partial charge in [0, 0.05) is 31.9 Å². The number of hydrogen-bond acceptors (Lipinski definition) is 1. The highest BCUT2D eigenvalue weighted by Gasteiger charge is 2.40. The average molecular weight is 461 g/mol. The smallest absolute Gasteiger partial charge is 0.249 e. The number of benzene rings is 5. The molecule has 0 radical (unpaired) electrons. The van der Waals surface area contributed by atoms with Crippen LogP contribution >= 0.6 is 11.8 Å². The van der Waals surface area contributed by atoms with E-state index in [-0.39, 0.29) is 6.71 Å². The molecule has 3 heteroatoms. The highest BCUT2D eigenvalue weighted by molar-refractivity contribution is 8.00. The van der Waals surface area contributed by atoms with E-state index in [0.717, 1.165) is 0 Å². The van der Waals surface area contributed by atoms with E-state index in [1.54, 1.807) is 0 Å². The molecule has 0 saturated carbocycles. The summed E-state index contributed by atoms with van der Waals surface area (Å²) in [6.07, 6.45) is 0. The van der Waals surface area contributed by atoms with Crippen LogP contribution in [0.4, 0.5) is 0 Å². The Morgan fingerprint density at radius 3 is 2.03 bits per heavy atom. The Morgan fingerprint density at radius 1 is 0.543 bits per heavy atom. The molecule has 2 aliphatic heterocycles. The van der Waals surface area contributed by atoms with E-state index in [0.29, 0.717) is 0 Å². The summed E-state index contributed by atoms with van der Waals surface area (Å²) in [5, 5.41) is 1.32. The Balaban J connectivity index is 1.59. The molecule has 1 nitrogen and oxygen atoms in total. The first-order valence-electron chi connectivity index (χ1n) is 12.1. The SMILES string of the molecule is c1ccc(-c2c(-c3ccccc3)n3c4c(cccc24)B2c4ccccc4Sc4cccc-3c42)cc1. The fourth-order valence-electron chi connectivity index (χ4n) is 6.12. The van der Waals surface area contributed by atoms with Gasteiger partial charge in [-0.2, -0.15) is 0 Å². The van der Waals surface area contributed by atoms with Gasteiger partial charge in [0.1, 0.15) is 0 Å². The van der Waals surface area contributed by atoms with Crippen molar-refractivity contribution in [3.8, 4) is 28.1 Å². The minimum absolute atomic E-state index is 0.247. The molecule has 3 heterocycles. The predicted molar refractivity (Wildman–Crippen MR) is 149 cm³/mol. The highest BCUT2D eigenvalue weighted by atomic mass is 32.2. The van der Waals surface area contributed by atoms with Gasteiger partial charge < -0.3 is 4.57 Å². The summed E-state index contributed by atoms with van der Waals surface area (Å²) in [6, 6.07) is 44.4. The second-order valence-corrected chi connectivity index (χ2v) is 10.4. The van der Waals surface area contributed by atoms with Gasteiger partial charge >= 0.3 is 0 Å². The zero-order valence-electron chi connectivity index (χ0n) is 19.0. The second kappa shape index (κ2) is 7.28. The monoisotopic (exact) mass is 461 g/mol. The van der Waals surface area contributed by atoms with Crippen molar-refractivity contribution in [2.75, 3.05) is 0 Å². The fourth-order valence-corrected chi connectivity index (χ4v) is 7.29. The van der Waals surface area contributed by atoms with Crippen LogP contribution < -0.4 is 16.4 Å². The zero-order valence-corrected chi connectivity index (χ0v) is 19.8. The molecule has 0 aliphatic carbocycles. The Bertz CT molecular complexity index is 1770. The molecule has 35 heavy (non-hydrogen) atoms. The molecular formula is C32H20BNS. The molecule has 0 N–H and O–H groups in total. The maximum atomic E-state index is 2.55. The summed E-state index contributed by atoms with van der Waals surface area (Å²) in [5.41, 5.74) is 12.0. The molecule has 8 rings (SSSR count). The lowest BCUT2D eigenvalue weighted by Crippen LogP contribution is -2.58. The number of fused-ring (bicyclic) bond motifs is 4. The molecule has 0 unspecified atom stereocenters. The summed E-state index contributed by atoms with van der Waals surface area (Å²) in [7, 11) is 0. The lowest BCUT2D eigenvalue weighted by molar-refractivity contribution is 1.13. The third kappa shape index (κ3) is 2.62. The molecule has 0 atom stereocenters. The second-order valence-electron chi connectivity index (χ2n) is 9.30. The molecule has 6 aromatic rings. The number of hydrogen-bond donors (Lipinski definition) is 0. The molecule has 1 aromatic heterocycles. The van der Waals surface area contributed by atoms with Gasteiger partial charge in [-0.25, -0.2) is 0 Å². The van der Waals surface area contributed by atoms with Crippen molar-refractivity contribution in [3.05, 3.63) is 121 Å². The number of aromatic nitrogens is 1. The van der Waals surface area contributed by atoms with E-state index in [9.17, 15) is 0 Å². The molecule has 0 saturated heterocycles. The van der Waals surface area contributed by atoms with Gasteiger partial charge in [0.05, 0.1) is 5.69 Å². The van der Waals surface area contributed by atoms with Crippen LogP contribution in [-0.2, 0) is 0 Å². The number of nitrogens with zero attached hydrogens (tertiary/aromatic N) is 1. The molecule has 162 valence electrons. The Morgan fingerprint density at radius 2 is 1.20 bits per heavy atom. The maximum Gasteiger partial charge on any atom is 0.249 e. The number of rotatable bonds is 2. The molecule has 5 aromatic carbocycles. The van der Waals surface area contributed by atoms with Gasteiger partial charge in [-0.15, -0.1) is 0 Å². The van der Waals surface area contributed by atoms with Crippen LogP contribution in [-0.4, -0.2) is 11.3 Å².